The Morgan fingerprint density at radius 3 is 3.08 bits per heavy atom. The van der Waals surface area contributed by atoms with Crippen LogP contribution in [0, 0.1) is 5.92 Å². The number of benzene rings is 1. The number of nitrogens with zero attached hydrogens (tertiary/aromatic N) is 3. The van der Waals surface area contributed by atoms with Crippen LogP contribution in [0.4, 0.5) is 0 Å². The molecule has 6 nitrogen and oxygen atoms in total. The lowest BCUT2D eigenvalue weighted by molar-refractivity contribution is 0.0671. The molecule has 1 unspecified atom stereocenters. The van der Waals surface area contributed by atoms with E-state index >= 15 is 0 Å². The Kier molecular flexibility index (Phi) is 4.73. The minimum atomic E-state index is 0.108. The Bertz CT molecular complexity index is 863. The third kappa shape index (κ3) is 3.36. The molecule has 2 N–H and O–H groups in total. The zero-order valence-electron chi connectivity index (χ0n) is 15.2. The number of carbonyl (C=O) groups is 1. The molecule has 1 fully saturated rings. The summed E-state index contributed by atoms with van der Waals surface area (Å²) in [5.74, 6) is 1.56. The molecule has 3 heterocycles. The van der Waals surface area contributed by atoms with Crippen LogP contribution in [0.1, 0.15) is 48.1 Å². The van der Waals surface area contributed by atoms with Crippen molar-refractivity contribution in [2.75, 3.05) is 13.1 Å². The van der Waals surface area contributed by atoms with Crippen molar-refractivity contribution in [3.63, 3.8) is 0 Å². The SMILES string of the molecule is CCCc1[nH]ncc1C(=O)N1CCCC(Cc2nc3ccccc3[nH]2)C1. The largest absolute Gasteiger partial charge is 0.342 e. The molecule has 4 rings (SSSR count). The van der Waals surface area contributed by atoms with Gasteiger partial charge in [-0.05, 0) is 37.3 Å². The fraction of sp³-hybridized carbons (Fsp3) is 0.450. The summed E-state index contributed by atoms with van der Waals surface area (Å²) < 4.78 is 0. The van der Waals surface area contributed by atoms with Gasteiger partial charge in [0.1, 0.15) is 5.82 Å². The van der Waals surface area contributed by atoms with E-state index in [1.165, 1.54) is 0 Å². The summed E-state index contributed by atoms with van der Waals surface area (Å²) in [7, 11) is 0. The average molecular weight is 351 g/mol. The number of aryl methyl sites for hydroxylation is 1. The van der Waals surface area contributed by atoms with Gasteiger partial charge in [0.15, 0.2) is 0 Å². The highest BCUT2D eigenvalue weighted by Gasteiger charge is 2.27. The third-order valence-electron chi connectivity index (χ3n) is 5.18. The summed E-state index contributed by atoms with van der Waals surface area (Å²) in [4.78, 5) is 23.0. The van der Waals surface area contributed by atoms with Crippen LogP contribution < -0.4 is 0 Å². The molecule has 136 valence electrons. The summed E-state index contributed by atoms with van der Waals surface area (Å²) in [5, 5.41) is 7.06. The number of hydrogen-bond acceptors (Lipinski definition) is 3. The van der Waals surface area contributed by atoms with Crippen LogP contribution in [-0.2, 0) is 12.8 Å². The quantitative estimate of drug-likeness (QED) is 0.740. The van der Waals surface area contributed by atoms with Gasteiger partial charge in [-0.3, -0.25) is 9.89 Å². The number of aromatic nitrogens is 4. The Morgan fingerprint density at radius 1 is 1.35 bits per heavy atom. The zero-order valence-corrected chi connectivity index (χ0v) is 15.2. The topological polar surface area (TPSA) is 77.7 Å². The van der Waals surface area contributed by atoms with Crippen LogP contribution in [0.3, 0.4) is 0 Å². The van der Waals surface area contributed by atoms with Crippen molar-refractivity contribution in [1.29, 1.82) is 0 Å². The number of amides is 1. The summed E-state index contributed by atoms with van der Waals surface area (Å²) >= 11 is 0. The molecule has 0 bridgehead atoms. The van der Waals surface area contributed by atoms with Crippen molar-refractivity contribution in [2.45, 2.75) is 39.0 Å². The first-order valence-corrected chi connectivity index (χ1v) is 9.49. The number of rotatable bonds is 5. The Balaban J connectivity index is 1.45. The van der Waals surface area contributed by atoms with Gasteiger partial charge in [0, 0.05) is 25.2 Å². The highest BCUT2D eigenvalue weighted by molar-refractivity contribution is 5.95. The summed E-state index contributed by atoms with van der Waals surface area (Å²) in [6, 6.07) is 8.10. The highest BCUT2D eigenvalue weighted by Crippen LogP contribution is 2.23. The lowest BCUT2D eigenvalue weighted by Gasteiger charge is -2.32. The fourth-order valence-corrected chi connectivity index (χ4v) is 3.90. The van der Waals surface area contributed by atoms with Crippen molar-refractivity contribution in [1.82, 2.24) is 25.1 Å². The Labute approximate surface area is 153 Å². The molecule has 1 aliphatic rings. The van der Waals surface area contributed by atoms with Gasteiger partial charge < -0.3 is 9.88 Å². The van der Waals surface area contributed by atoms with Gasteiger partial charge in [0.05, 0.1) is 22.8 Å². The van der Waals surface area contributed by atoms with E-state index < -0.39 is 0 Å². The van der Waals surface area contributed by atoms with E-state index in [2.05, 4.69) is 28.2 Å². The number of aromatic amines is 2. The number of nitrogens with one attached hydrogen (secondary N) is 2. The maximum Gasteiger partial charge on any atom is 0.257 e. The summed E-state index contributed by atoms with van der Waals surface area (Å²) in [6.45, 7) is 3.72. The van der Waals surface area contributed by atoms with E-state index in [0.29, 0.717) is 5.92 Å². The van der Waals surface area contributed by atoms with Gasteiger partial charge in [-0.15, -0.1) is 0 Å². The number of hydrogen-bond donors (Lipinski definition) is 2. The lowest BCUT2D eigenvalue weighted by atomic mass is 9.94. The predicted molar refractivity (Wildman–Crippen MR) is 101 cm³/mol. The normalized spacial score (nSPS) is 17.7. The van der Waals surface area contributed by atoms with Gasteiger partial charge in [-0.2, -0.15) is 5.10 Å². The monoisotopic (exact) mass is 351 g/mol. The molecule has 0 spiro atoms. The maximum atomic E-state index is 12.9. The first-order valence-electron chi connectivity index (χ1n) is 9.49. The first kappa shape index (κ1) is 16.8. The standard InChI is InChI=1S/C20H25N5O/c1-2-6-16-15(12-21-24-16)20(26)25-10-5-7-14(13-25)11-19-22-17-8-3-4-9-18(17)23-19/h3-4,8-9,12,14H,2,5-7,10-11,13H2,1H3,(H,21,24)(H,22,23). The predicted octanol–water partition coefficient (Wildman–Crippen LogP) is 3.33. The molecular weight excluding hydrogens is 326 g/mol. The van der Waals surface area contributed by atoms with E-state index in [0.717, 1.165) is 73.3 Å². The molecule has 1 aliphatic heterocycles. The molecule has 26 heavy (non-hydrogen) atoms. The number of fused-ring (bicyclic) bond motifs is 1. The molecular formula is C20H25N5O. The second-order valence-corrected chi connectivity index (χ2v) is 7.18. The van der Waals surface area contributed by atoms with Gasteiger partial charge in [0.2, 0.25) is 0 Å². The number of carbonyl (C=O) groups excluding carboxylic acids is 1. The van der Waals surface area contributed by atoms with E-state index in [-0.39, 0.29) is 5.91 Å². The van der Waals surface area contributed by atoms with Crippen molar-refractivity contribution in [3.05, 3.63) is 47.5 Å². The van der Waals surface area contributed by atoms with Gasteiger partial charge in [-0.1, -0.05) is 25.5 Å². The van der Waals surface area contributed by atoms with Crippen molar-refractivity contribution in [2.24, 2.45) is 5.92 Å². The molecule has 3 aromatic rings. The smallest absolute Gasteiger partial charge is 0.257 e. The van der Waals surface area contributed by atoms with E-state index in [1.54, 1.807) is 6.20 Å². The minimum Gasteiger partial charge on any atom is -0.342 e. The van der Waals surface area contributed by atoms with E-state index in [4.69, 9.17) is 4.98 Å². The third-order valence-corrected chi connectivity index (χ3v) is 5.18. The van der Waals surface area contributed by atoms with Crippen LogP contribution in [0.2, 0.25) is 0 Å². The van der Waals surface area contributed by atoms with Gasteiger partial charge in [-0.25, -0.2) is 4.98 Å². The van der Waals surface area contributed by atoms with Crippen LogP contribution in [-0.4, -0.2) is 44.1 Å². The number of para-hydroxylation sites is 2. The van der Waals surface area contributed by atoms with Crippen LogP contribution in [0.15, 0.2) is 30.5 Å². The van der Waals surface area contributed by atoms with Crippen LogP contribution in [0.25, 0.3) is 11.0 Å². The molecule has 1 saturated heterocycles. The molecule has 2 aromatic heterocycles. The molecule has 1 atom stereocenters. The van der Waals surface area contributed by atoms with Crippen LogP contribution >= 0.6 is 0 Å². The fourth-order valence-electron chi connectivity index (χ4n) is 3.90. The average Bonchev–Trinajstić information content (AvgIpc) is 3.28. The second kappa shape index (κ2) is 7.32. The highest BCUT2D eigenvalue weighted by atomic mass is 16.2. The zero-order chi connectivity index (χ0) is 17.9. The number of piperidine rings is 1. The lowest BCUT2D eigenvalue weighted by Crippen LogP contribution is -2.40. The van der Waals surface area contributed by atoms with Crippen molar-refractivity contribution in [3.8, 4) is 0 Å². The number of imidazole rings is 1. The van der Waals surface area contributed by atoms with Crippen LogP contribution in [0.5, 0.6) is 0 Å². The maximum absolute atomic E-state index is 12.9. The Hall–Kier alpha value is -2.63. The molecule has 0 aliphatic carbocycles. The Morgan fingerprint density at radius 2 is 2.23 bits per heavy atom. The molecule has 1 amide bonds. The van der Waals surface area contributed by atoms with Gasteiger partial charge >= 0.3 is 0 Å². The molecule has 0 saturated carbocycles. The van der Waals surface area contributed by atoms with Gasteiger partial charge in [0.25, 0.3) is 5.91 Å². The summed E-state index contributed by atoms with van der Waals surface area (Å²) in [5.41, 5.74) is 3.77. The molecule has 6 heteroatoms. The molecule has 0 radical (unpaired) electrons. The number of H-pyrrole nitrogens is 2. The van der Waals surface area contributed by atoms with Crippen molar-refractivity contribution >= 4 is 16.9 Å². The second-order valence-electron chi connectivity index (χ2n) is 7.18. The van der Waals surface area contributed by atoms with E-state index in [9.17, 15) is 4.79 Å². The number of likely N-dealkylation sites (tertiary alicyclic amines) is 1. The summed E-state index contributed by atoms with van der Waals surface area (Å²) in [6.07, 6.45) is 6.59. The van der Waals surface area contributed by atoms with Crippen molar-refractivity contribution < 1.29 is 4.79 Å². The molecule has 1 aromatic carbocycles. The van der Waals surface area contributed by atoms with E-state index in [1.807, 2.05) is 23.1 Å². The minimum absolute atomic E-state index is 0.108. The first-order chi connectivity index (χ1) is 12.7.